The van der Waals surface area contributed by atoms with Gasteiger partial charge >= 0.3 is 0 Å². The van der Waals surface area contributed by atoms with Crippen LogP contribution in [0.25, 0.3) is 0 Å². The fourth-order valence-electron chi connectivity index (χ4n) is 2.82. The Morgan fingerprint density at radius 2 is 1.72 bits per heavy atom. The maximum atomic E-state index is 6.26. The molecule has 4 rings (SSSR count). The third-order valence-corrected chi connectivity index (χ3v) is 4.30. The number of nitrogens with zero attached hydrogens (tertiary/aromatic N) is 2. The number of nitrogens with one attached hydrogen (secondary N) is 3. The van der Waals surface area contributed by atoms with Crippen LogP contribution in [0.5, 0.6) is 0 Å². The van der Waals surface area contributed by atoms with E-state index in [1.807, 2.05) is 30.3 Å². The summed E-state index contributed by atoms with van der Waals surface area (Å²) in [6, 6.07) is 16.4. The minimum atomic E-state index is 0.482. The quantitative estimate of drug-likeness (QED) is 0.533. The van der Waals surface area contributed by atoms with Crippen LogP contribution in [0.1, 0.15) is 12.0 Å². The van der Waals surface area contributed by atoms with Crippen LogP contribution in [0.2, 0.25) is 5.02 Å². The van der Waals surface area contributed by atoms with Crippen LogP contribution in [0, 0.1) is 0 Å². The van der Waals surface area contributed by atoms with Gasteiger partial charge in [-0.25, -0.2) is 4.98 Å². The molecule has 1 aromatic heterocycles. The zero-order chi connectivity index (χ0) is 17.1. The zero-order valence-electron chi connectivity index (χ0n) is 13.6. The van der Waals surface area contributed by atoms with Gasteiger partial charge < -0.3 is 16.0 Å². The molecule has 1 aliphatic rings. The highest BCUT2D eigenvalue weighted by molar-refractivity contribution is 6.32. The summed E-state index contributed by atoms with van der Waals surface area (Å²) in [4.78, 5) is 8.77. The summed E-state index contributed by atoms with van der Waals surface area (Å²) in [6.07, 6.45) is 3.65. The van der Waals surface area contributed by atoms with Crippen LogP contribution in [0.4, 0.5) is 28.8 Å². The Balaban J connectivity index is 1.73. The molecule has 0 unspecified atom stereocenters. The van der Waals surface area contributed by atoms with Crippen molar-refractivity contribution in [3.05, 3.63) is 65.3 Å². The van der Waals surface area contributed by atoms with E-state index in [9.17, 15) is 0 Å². The van der Waals surface area contributed by atoms with Crippen molar-refractivity contribution in [1.29, 1.82) is 0 Å². The largest absolute Gasteiger partial charge is 0.385 e. The van der Waals surface area contributed by atoms with Crippen LogP contribution < -0.4 is 16.0 Å². The van der Waals surface area contributed by atoms with Gasteiger partial charge in [-0.2, -0.15) is 4.98 Å². The first-order valence-corrected chi connectivity index (χ1v) is 8.63. The van der Waals surface area contributed by atoms with Crippen molar-refractivity contribution in [2.75, 3.05) is 22.5 Å². The minimum absolute atomic E-state index is 0.482. The molecule has 25 heavy (non-hydrogen) atoms. The van der Waals surface area contributed by atoms with Gasteiger partial charge in [-0.05, 0) is 48.7 Å². The summed E-state index contributed by atoms with van der Waals surface area (Å²) in [5, 5.41) is 10.5. The summed E-state index contributed by atoms with van der Waals surface area (Å²) < 4.78 is 0. The summed E-state index contributed by atoms with van der Waals surface area (Å²) in [5.74, 6) is 1.08. The van der Waals surface area contributed by atoms with E-state index in [4.69, 9.17) is 11.6 Å². The van der Waals surface area contributed by atoms with Crippen molar-refractivity contribution in [2.45, 2.75) is 12.8 Å². The molecule has 0 radical (unpaired) electrons. The Morgan fingerprint density at radius 1 is 0.920 bits per heavy atom. The molecular formula is C19H18ClN5. The van der Waals surface area contributed by atoms with Gasteiger partial charge in [0.1, 0.15) is 5.02 Å². The molecule has 0 saturated heterocycles. The third-order valence-electron chi connectivity index (χ3n) is 4.02. The van der Waals surface area contributed by atoms with Crippen LogP contribution in [0.3, 0.4) is 0 Å². The SMILES string of the molecule is Clc1cnc2nc1Nc1cccc(c1)CCCNc1cccc(c1)N2. The van der Waals surface area contributed by atoms with E-state index in [0.717, 1.165) is 36.4 Å². The Labute approximate surface area is 151 Å². The highest BCUT2D eigenvalue weighted by Gasteiger charge is 2.08. The number of halogens is 1. The van der Waals surface area contributed by atoms with Crippen LogP contribution in [-0.4, -0.2) is 16.5 Å². The second-order valence-electron chi connectivity index (χ2n) is 5.95. The maximum Gasteiger partial charge on any atom is 0.229 e. The van der Waals surface area contributed by atoms with Crippen molar-refractivity contribution >= 4 is 40.4 Å². The average molecular weight is 352 g/mol. The second-order valence-corrected chi connectivity index (χ2v) is 6.36. The lowest BCUT2D eigenvalue weighted by Crippen LogP contribution is -2.03. The molecule has 0 aliphatic carbocycles. The Hall–Kier alpha value is -2.79. The van der Waals surface area contributed by atoms with Gasteiger partial charge in [0.25, 0.3) is 0 Å². The standard InChI is InChI=1S/C19H18ClN5/c20-17-12-22-19-24-16-8-2-6-14(11-16)21-9-3-5-13-4-1-7-15(10-13)23-18(17)25-19/h1-2,4,6-8,10-12,21H,3,5,9H2,(H2,22,23,24,25). The number of rotatable bonds is 0. The van der Waals surface area contributed by atoms with E-state index in [1.165, 1.54) is 5.56 Å². The Kier molecular flexibility index (Phi) is 4.39. The number of hydrogen-bond acceptors (Lipinski definition) is 5. The van der Waals surface area contributed by atoms with Crippen LogP contribution in [-0.2, 0) is 6.42 Å². The topological polar surface area (TPSA) is 61.9 Å². The fraction of sp³-hybridized carbons (Fsp3) is 0.158. The molecule has 3 N–H and O–H groups in total. The smallest absolute Gasteiger partial charge is 0.229 e. The van der Waals surface area contributed by atoms with Crippen molar-refractivity contribution in [3.8, 4) is 0 Å². The molecule has 6 heteroatoms. The number of anilines is 5. The lowest BCUT2D eigenvalue weighted by atomic mass is 10.1. The predicted octanol–water partition coefficient (Wildman–Crippen LogP) is 4.98. The van der Waals surface area contributed by atoms with E-state index in [-0.39, 0.29) is 0 Å². The first-order chi connectivity index (χ1) is 12.3. The molecule has 0 saturated carbocycles. The molecule has 126 valence electrons. The molecule has 0 fully saturated rings. The summed E-state index contributed by atoms with van der Waals surface area (Å²) >= 11 is 6.26. The van der Waals surface area contributed by atoms with Gasteiger partial charge in [-0.1, -0.05) is 29.8 Å². The third kappa shape index (κ3) is 3.83. The average Bonchev–Trinajstić information content (AvgIpc) is 2.62. The van der Waals surface area contributed by atoms with Crippen molar-refractivity contribution in [2.24, 2.45) is 0 Å². The molecule has 0 amide bonds. The molecule has 5 nitrogen and oxygen atoms in total. The minimum Gasteiger partial charge on any atom is -0.385 e. The van der Waals surface area contributed by atoms with Gasteiger partial charge in [0, 0.05) is 23.6 Å². The van der Waals surface area contributed by atoms with E-state index in [2.05, 4.69) is 44.1 Å². The molecule has 2 heterocycles. The Bertz CT molecular complexity index is 896. The number of hydrogen-bond donors (Lipinski definition) is 3. The Morgan fingerprint density at radius 3 is 2.64 bits per heavy atom. The van der Waals surface area contributed by atoms with Crippen molar-refractivity contribution in [1.82, 2.24) is 9.97 Å². The first kappa shape index (κ1) is 15.7. The summed E-state index contributed by atoms with van der Waals surface area (Å²) in [5.41, 5.74) is 4.24. The number of aryl methyl sites for hydroxylation is 1. The van der Waals surface area contributed by atoms with Gasteiger partial charge in [0.15, 0.2) is 5.82 Å². The predicted molar refractivity (Wildman–Crippen MR) is 103 cm³/mol. The summed E-state index contributed by atoms with van der Waals surface area (Å²) in [6.45, 7) is 0.914. The van der Waals surface area contributed by atoms with Crippen LogP contribution in [0.15, 0.2) is 54.7 Å². The molecule has 3 aromatic rings. The molecule has 0 atom stereocenters. The van der Waals surface area contributed by atoms with E-state index >= 15 is 0 Å². The van der Waals surface area contributed by atoms with Crippen LogP contribution >= 0.6 is 11.6 Å². The highest BCUT2D eigenvalue weighted by Crippen LogP contribution is 2.26. The zero-order valence-corrected chi connectivity index (χ0v) is 14.3. The molecular weight excluding hydrogens is 334 g/mol. The van der Waals surface area contributed by atoms with E-state index < -0.39 is 0 Å². The molecule has 0 spiro atoms. The van der Waals surface area contributed by atoms with Crippen molar-refractivity contribution < 1.29 is 0 Å². The van der Waals surface area contributed by atoms with Gasteiger partial charge in [0.2, 0.25) is 5.95 Å². The molecule has 2 aromatic carbocycles. The van der Waals surface area contributed by atoms with E-state index in [0.29, 0.717) is 16.8 Å². The highest BCUT2D eigenvalue weighted by atomic mass is 35.5. The lowest BCUT2D eigenvalue weighted by Gasteiger charge is -2.11. The van der Waals surface area contributed by atoms with Gasteiger partial charge in [0.05, 0.1) is 6.20 Å². The van der Waals surface area contributed by atoms with Crippen molar-refractivity contribution in [3.63, 3.8) is 0 Å². The maximum absolute atomic E-state index is 6.26. The number of benzene rings is 2. The monoisotopic (exact) mass is 351 g/mol. The lowest BCUT2D eigenvalue weighted by molar-refractivity contribution is 0.863. The normalized spacial score (nSPS) is 13.5. The molecule has 6 bridgehead atoms. The summed E-state index contributed by atoms with van der Waals surface area (Å²) in [7, 11) is 0. The number of aromatic nitrogens is 2. The first-order valence-electron chi connectivity index (χ1n) is 8.26. The van der Waals surface area contributed by atoms with Gasteiger partial charge in [-0.3, -0.25) is 0 Å². The van der Waals surface area contributed by atoms with Gasteiger partial charge in [-0.15, -0.1) is 0 Å². The van der Waals surface area contributed by atoms with E-state index in [1.54, 1.807) is 6.20 Å². The second kappa shape index (κ2) is 6.99. The fourth-order valence-corrected chi connectivity index (χ4v) is 2.96. The number of fused-ring (bicyclic) bond motifs is 6. The molecule has 1 aliphatic heterocycles.